The number of aromatic nitrogens is 3. The highest BCUT2D eigenvalue weighted by Crippen LogP contribution is 2.39. The van der Waals surface area contributed by atoms with Crippen LogP contribution in [0.3, 0.4) is 0 Å². The number of para-hydroxylation sites is 1. The van der Waals surface area contributed by atoms with E-state index in [9.17, 15) is 4.79 Å². The lowest BCUT2D eigenvalue weighted by molar-refractivity contribution is 0.416. The molecule has 124 valence electrons. The minimum absolute atomic E-state index is 0.110. The Bertz CT molecular complexity index is 1120. The van der Waals surface area contributed by atoms with E-state index in [2.05, 4.69) is 10.1 Å². The number of aryl methyl sites for hydroxylation is 1. The molecular formula is C19H15N3O2S. The summed E-state index contributed by atoms with van der Waals surface area (Å²) in [6.45, 7) is 0. The molecule has 0 aliphatic carbocycles. The highest BCUT2D eigenvalue weighted by Gasteiger charge is 2.19. The molecule has 3 heterocycles. The quantitative estimate of drug-likeness (QED) is 0.565. The molecule has 0 fully saturated rings. The van der Waals surface area contributed by atoms with E-state index in [1.165, 1.54) is 16.0 Å². The molecule has 0 radical (unpaired) electrons. The van der Waals surface area contributed by atoms with Gasteiger partial charge < -0.3 is 4.74 Å². The van der Waals surface area contributed by atoms with E-state index in [4.69, 9.17) is 4.74 Å². The summed E-state index contributed by atoms with van der Waals surface area (Å²) in [5, 5.41) is 7.19. The molecule has 6 heteroatoms. The second-order valence-electron chi connectivity index (χ2n) is 5.57. The molecule has 0 N–H and O–H groups in total. The summed E-state index contributed by atoms with van der Waals surface area (Å²) in [5.41, 5.74) is 3.38. The van der Waals surface area contributed by atoms with Crippen molar-refractivity contribution in [1.82, 2.24) is 14.8 Å². The first-order valence-electron chi connectivity index (χ1n) is 7.73. The predicted octanol–water partition coefficient (Wildman–Crippen LogP) is 3.73. The number of thiophene rings is 1. The molecule has 0 unspecified atom stereocenters. The first-order valence-corrected chi connectivity index (χ1v) is 8.61. The van der Waals surface area contributed by atoms with Crippen molar-refractivity contribution in [3.63, 3.8) is 0 Å². The molecule has 0 aliphatic heterocycles. The van der Waals surface area contributed by atoms with Gasteiger partial charge in [0.2, 0.25) is 0 Å². The lowest BCUT2D eigenvalue weighted by Gasteiger charge is -2.10. The van der Waals surface area contributed by atoms with Gasteiger partial charge >= 0.3 is 0 Å². The second kappa shape index (κ2) is 6.14. The Morgan fingerprint density at radius 2 is 1.84 bits per heavy atom. The summed E-state index contributed by atoms with van der Waals surface area (Å²) in [4.78, 5) is 16.8. The Labute approximate surface area is 148 Å². The number of benzene rings is 1. The number of fused-ring (bicyclic) bond motifs is 1. The summed E-state index contributed by atoms with van der Waals surface area (Å²) >= 11 is 1.52. The summed E-state index contributed by atoms with van der Waals surface area (Å²) in [6, 6.07) is 11.5. The third-order valence-electron chi connectivity index (χ3n) is 4.12. The molecule has 0 bridgehead atoms. The molecule has 4 rings (SSSR count). The van der Waals surface area contributed by atoms with Crippen molar-refractivity contribution in [2.45, 2.75) is 0 Å². The third kappa shape index (κ3) is 2.51. The molecular weight excluding hydrogens is 334 g/mol. The van der Waals surface area contributed by atoms with Crippen LogP contribution < -0.4 is 10.3 Å². The average molecular weight is 349 g/mol. The van der Waals surface area contributed by atoms with Gasteiger partial charge in [-0.25, -0.2) is 4.68 Å². The van der Waals surface area contributed by atoms with Crippen LogP contribution in [-0.4, -0.2) is 21.9 Å². The number of hydrogen-bond acceptors (Lipinski definition) is 5. The number of ether oxygens (including phenoxy) is 1. The minimum Gasteiger partial charge on any atom is -0.496 e. The van der Waals surface area contributed by atoms with Crippen LogP contribution in [0.4, 0.5) is 0 Å². The van der Waals surface area contributed by atoms with Gasteiger partial charge in [0.05, 0.1) is 17.2 Å². The van der Waals surface area contributed by atoms with Crippen LogP contribution in [0.5, 0.6) is 5.75 Å². The molecule has 0 atom stereocenters. The number of nitrogens with zero attached hydrogens (tertiary/aromatic N) is 3. The lowest BCUT2D eigenvalue weighted by Crippen LogP contribution is -2.20. The zero-order chi connectivity index (χ0) is 17.4. The fourth-order valence-electron chi connectivity index (χ4n) is 2.91. The summed E-state index contributed by atoms with van der Waals surface area (Å²) in [6.07, 6.45) is 3.46. The van der Waals surface area contributed by atoms with Crippen molar-refractivity contribution in [2.24, 2.45) is 7.05 Å². The van der Waals surface area contributed by atoms with Gasteiger partial charge in [-0.15, -0.1) is 11.3 Å². The first kappa shape index (κ1) is 15.5. The Morgan fingerprint density at radius 3 is 2.60 bits per heavy atom. The van der Waals surface area contributed by atoms with E-state index in [0.29, 0.717) is 5.39 Å². The van der Waals surface area contributed by atoms with Gasteiger partial charge in [0.15, 0.2) is 0 Å². The van der Waals surface area contributed by atoms with Gasteiger partial charge in [-0.05, 0) is 29.8 Å². The van der Waals surface area contributed by atoms with Crippen LogP contribution in [-0.2, 0) is 7.05 Å². The fourth-order valence-corrected chi connectivity index (χ4v) is 3.97. The first-order chi connectivity index (χ1) is 12.2. The Kier molecular flexibility index (Phi) is 3.82. The Hall–Kier alpha value is -2.99. The number of rotatable bonds is 3. The number of methoxy groups -OCH3 is 1. The molecule has 25 heavy (non-hydrogen) atoms. The van der Waals surface area contributed by atoms with Crippen molar-refractivity contribution < 1.29 is 4.74 Å². The van der Waals surface area contributed by atoms with E-state index >= 15 is 0 Å². The van der Waals surface area contributed by atoms with Crippen LogP contribution in [0.2, 0.25) is 0 Å². The van der Waals surface area contributed by atoms with Crippen LogP contribution in [0.15, 0.2) is 59.0 Å². The van der Waals surface area contributed by atoms with Gasteiger partial charge in [0, 0.05) is 35.9 Å². The van der Waals surface area contributed by atoms with Crippen LogP contribution in [0, 0.1) is 0 Å². The number of hydrogen-bond donors (Lipinski definition) is 0. The van der Waals surface area contributed by atoms with E-state index in [1.807, 2.05) is 41.8 Å². The standard InChI is InChI=1S/C19H15N3O2S/c1-22-19(23)16-14(12-7-9-20-10-8-12)11-25-18(16)17(21-22)13-5-3-4-6-15(13)24-2/h3-11H,1-2H3. The SMILES string of the molecule is COc1ccccc1-c1nn(C)c(=O)c2c(-c3ccncc3)csc12. The Balaban J connectivity index is 2.07. The van der Waals surface area contributed by atoms with Crippen molar-refractivity contribution >= 4 is 21.4 Å². The van der Waals surface area contributed by atoms with Crippen LogP contribution >= 0.6 is 11.3 Å². The summed E-state index contributed by atoms with van der Waals surface area (Å²) in [5.74, 6) is 0.730. The van der Waals surface area contributed by atoms with Gasteiger partial charge in [-0.2, -0.15) is 5.10 Å². The highest BCUT2D eigenvalue weighted by atomic mass is 32.1. The molecule has 3 aromatic heterocycles. The third-order valence-corrected chi connectivity index (χ3v) is 5.10. The molecule has 4 aromatic rings. The highest BCUT2D eigenvalue weighted by molar-refractivity contribution is 7.18. The zero-order valence-electron chi connectivity index (χ0n) is 13.8. The molecule has 5 nitrogen and oxygen atoms in total. The van der Waals surface area contributed by atoms with Gasteiger partial charge in [0.1, 0.15) is 11.4 Å². The predicted molar refractivity (Wildman–Crippen MR) is 100 cm³/mol. The van der Waals surface area contributed by atoms with Gasteiger partial charge in [0.25, 0.3) is 5.56 Å². The largest absolute Gasteiger partial charge is 0.496 e. The van der Waals surface area contributed by atoms with Crippen molar-refractivity contribution in [3.8, 4) is 28.1 Å². The maximum atomic E-state index is 12.8. The maximum Gasteiger partial charge on any atom is 0.275 e. The molecule has 1 aromatic carbocycles. The average Bonchev–Trinajstić information content (AvgIpc) is 3.11. The normalized spacial score (nSPS) is 11.0. The molecule has 0 saturated heterocycles. The van der Waals surface area contributed by atoms with Crippen LogP contribution in [0.1, 0.15) is 0 Å². The number of pyridine rings is 1. The van der Waals surface area contributed by atoms with Gasteiger partial charge in [-0.1, -0.05) is 12.1 Å². The molecule has 0 aliphatic rings. The monoisotopic (exact) mass is 349 g/mol. The minimum atomic E-state index is -0.110. The summed E-state index contributed by atoms with van der Waals surface area (Å²) in [7, 11) is 3.31. The maximum absolute atomic E-state index is 12.8. The van der Waals surface area contributed by atoms with Gasteiger partial charge in [-0.3, -0.25) is 9.78 Å². The van der Waals surface area contributed by atoms with E-state index in [1.54, 1.807) is 26.6 Å². The van der Waals surface area contributed by atoms with E-state index < -0.39 is 0 Å². The zero-order valence-corrected chi connectivity index (χ0v) is 14.6. The second-order valence-corrected chi connectivity index (χ2v) is 6.45. The molecule has 0 spiro atoms. The molecule has 0 saturated carbocycles. The molecule has 0 amide bonds. The summed E-state index contributed by atoms with van der Waals surface area (Å²) < 4.78 is 7.73. The topological polar surface area (TPSA) is 57.0 Å². The smallest absolute Gasteiger partial charge is 0.275 e. The lowest BCUT2D eigenvalue weighted by atomic mass is 10.0. The van der Waals surface area contributed by atoms with Crippen molar-refractivity contribution in [3.05, 3.63) is 64.5 Å². The fraction of sp³-hybridized carbons (Fsp3) is 0.105. The Morgan fingerprint density at radius 1 is 1.08 bits per heavy atom. The van der Waals surface area contributed by atoms with Crippen molar-refractivity contribution in [1.29, 1.82) is 0 Å². The van der Waals surface area contributed by atoms with Crippen molar-refractivity contribution in [2.75, 3.05) is 7.11 Å². The van der Waals surface area contributed by atoms with E-state index in [0.717, 1.165) is 32.8 Å². The van der Waals surface area contributed by atoms with Crippen LogP contribution in [0.25, 0.3) is 32.5 Å². The van der Waals surface area contributed by atoms with E-state index in [-0.39, 0.29) is 5.56 Å².